The fourth-order valence-electron chi connectivity index (χ4n) is 10.8. The molecule has 35 heavy (non-hydrogen) atoms. The van der Waals surface area contributed by atoms with E-state index in [1.54, 1.807) is 0 Å². The van der Waals surface area contributed by atoms with Gasteiger partial charge in [0.25, 0.3) is 0 Å². The number of hydrogen-bond acceptors (Lipinski definition) is 1. The summed E-state index contributed by atoms with van der Waals surface area (Å²) in [6.45, 7) is 22.7. The smallest absolute Gasteiger partial charge is 0.136 e. The molecule has 10 atom stereocenters. The maximum Gasteiger partial charge on any atom is 0.136 e. The molecular weight excluding hydrogens is 440 g/mol. The van der Waals surface area contributed by atoms with Gasteiger partial charge in [-0.1, -0.05) is 86.9 Å². The lowest BCUT2D eigenvalue weighted by molar-refractivity contribution is -0.131. The lowest BCUT2D eigenvalue weighted by Crippen LogP contribution is -2.49. The Morgan fingerprint density at radius 2 is 1.57 bits per heavy atom. The molecule has 0 aromatic heterocycles. The summed E-state index contributed by atoms with van der Waals surface area (Å²) < 4.78 is 0. The molecule has 0 spiro atoms. The predicted molar refractivity (Wildman–Crippen MR) is 154 cm³/mol. The van der Waals surface area contributed by atoms with E-state index in [0.29, 0.717) is 16.9 Å². The van der Waals surface area contributed by atoms with Gasteiger partial charge in [-0.25, -0.2) is 0 Å². The zero-order chi connectivity index (χ0) is 25.8. The van der Waals surface area contributed by atoms with Gasteiger partial charge in [0, 0.05) is 11.5 Å². The minimum atomic E-state index is -1.53. The Hall–Kier alpha value is -0.113. The largest absolute Gasteiger partial charge is 0.299 e. The highest BCUT2D eigenvalue weighted by Gasteiger charge is 2.62. The summed E-state index contributed by atoms with van der Waals surface area (Å²) in [5.41, 5.74) is 1.19. The molecule has 0 bridgehead atoms. The molecule has 0 amide bonds. The van der Waals surface area contributed by atoms with Gasteiger partial charge in [-0.15, -0.1) is 0 Å². The first kappa shape index (κ1) is 27.9. The van der Waals surface area contributed by atoms with Crippen LogP contribution in [0, 0.1) is 58.2 Å². The van der Waals surface area contributed by atoms with Crippen LogP contribution in [0.1, 0.15) is 119 Å². The topological polar surface area (TPSA) is 17.1 Å². The fourth-order valence-corrected chi connectivity index (χ4v) is 12.8. The lowest BCUT2D eigenvalue weighted by Gasteiger charge is -2.56. The molecule has 4 aliphatic rings. The second-order valence-electron chi connectivity index (χ2n) is 15.9. The van der Waals surface area contributed by atoms with Crippen molar-refractivity contribution in [1.82, 2.24) is 0 Å². The van der Waals surface area contributed by atoms with Crippen LogP contribution in [0.5, 0.6) is 0 Å². The monoisotopic (exact) mass is 500 g/mol. The molecule has 4 saturated carbocycles. The number of carbonyl (C=O) groups excluding carboxylic acids is 1. The van der Waals surface area contributed by atoms with E-state index in [1.807, 2.05) is 0 Å². The minimum absolute atomic E-state index is 0.283. The average molecular weight is 501 g/mol. The van der Waals surface area contributed by atoms with Crippen molar-refractivity contribution >= 4 is 13.9 Å². The van der Waals surface area contributed by atoms with Crippen molar-refractivity contribution in [2.24, 2.45) is 58.2 Å². The van der Waals surface area contributed by atoms with Crippen molar-refractivity contribution < 1.29 is 4.79 Å². The summed E-state index contributed by atoms with van der Waals surface area (Å²) in [6.07, 6.45) is 16.3. The van der Waals surface area contributed by atoms with Crippen molar-refractivity contribution in [2.45, 2.75) is 144 Å². The number of fused-ring (bicyclic) bond motifs is 5. The molecule has 1 nitrogen and oxygen atoms in total. The molecular formula is C33H60OSi. The average Bonchev–Trinajstić information content (AvgIpc) is 3.08. The van der Waals surface area contributed by atoms with Crippen molar-refractivity contribution in [3.05, 3.63) is 0 Å². The predicted octanol–water partition coefficient (Wildman–Crippen LogP) is 10.0. The van der Waals surface area contributed by atoms with E-state index in [9.17, 15) is 4.79 Å². The molecule has 0 saturated heterocycles. The first-order valence-corrected chi connectivity index (χ1v) is 19.5. The van der Waals surface area contributed by atoms with Gasteiger partial charge in [-0.2, -0.15) is 0 Å². The zero-order valence-electron chi connectivity index (χ0n) is 25.1. The van der Waals surface area contributed by atoms with Gasteiger partial charge in [-0.05, 0) is 104 Å². The SMILES string of the molecule is CC[C@H](CC[C@@H](C)[C@H]1CC[C@H]2[C@@H]3C[C@H]([Si](C)(C)C)C(=O)[C@H]4CCCC[C@]4(C)[C@H]3CC[C@]12C)C(C)C. The molecule has 202 valence electrons. The number of rotatable bonds is 7. The second kappa shape index (κ2) is 10.2. The van der Waals surface area contributed by atoms with Crippen LogP contribution in [0.2, 0.25) is 25.2 Å². The van der Waals surface area contributed by atoms with Crippen LogP contribution in [0.15, 0.2) is 0 Å². The summed E-state index contributed by atoms with van der Waals surface area (Å²) >= 11 is 0. The Morgan fingerprint density at radius 3 is 2.20 bits per heavy atom. The molecule has 0 unspecified atom stereocenters. The van der Waals surface area contributed by atoms with Crippen molar-refractivity contribution in [3.63, 3.8) is 0 Å². The van der Waals surface area contributed by atoms with Crippen molar-refractivity contribution in [3.8, 4) is 0 Å². The van der Waals surface area contributed by atoms with Crippen LogP contribution in [0.4, 0.5) is 0 Å². The van der Waals surface area contributed by atoms with E-state index >= 15 is 0 Å². The summed E-state index contributed by atoms with van der Waals surface area (Å²) in [5.74, 6) is 7.03. The van der Waals surface area contributed by atoms with Crippen LogP contribution in [0.25, 0.3) is 0 Å². The van der Waals surface area contributed by atoms with Gasteiger partial charge >= 0.3 is 0 Å². The van der Waals surface area contributed by atoms with Crippen LogP contribution >= 0.6 is 0 Å². The summed E-state index contributed by atoms with van der Waals surface area (Å²) in [6, 6.07) is 0. The number of hydrogen-bond donors (Lipinski definition) is 0. The van der Waals surface area contributed by atoms with E-state index < -0.39 is 8.07 Å². The van der Waals surface area contributed by atoms with E-state index in [1.165, 1.54) is 77.0 Å². The van der Waals surface area contributed by atoms with Crippen LogP contribution in [0.3, 0.4) is 0 Å². The van der Waals surface area contributed by atoms with E-state index in [4.69, 9.17) is 0 Å². The van der Waals surface area contributed by atoms with Gasteiger partial charge < -0.3 is 0 Å². The Labute approximate surface area is 220 Å². The molecule has 0 aliphatic heterocycles. The van der Waals surface area contributed by atoms with Crippen LogP contribution < -0.4 is 0 Å². The second-order valence-corrected chi connectivity index (χ2v) is 21.4. The summed E-state index contributed by atoms with van der Waals surface area (Å²) in [4.78, 5) is 14.2. The van der Waals surface area contributed by atoms with Gasteiger partial charge in [0.2, 0.25) is 0 Å². The molecule has 0 aromatic carbocycles. The fraction of sp³-hybridized carbons (Fsp3) is 0.970. The van der Waals surface area contributed by atoms with Gasteiger partial charge in [0.1, 0.15) is 5.78 Å². The molecule has 0 radical (unpaired) electrons. The number of ketones is 1. The first-order valence-electron chi connectivity index (χ1n) is 15.9. The Balaban J connectivity index is 1.60. The van der Waals surface area contributed by atoms with Crippen LogP contribution in [-0.4, -0.2) is 13.9 Å². The van der Waals surface area contributed by atoms with Crippen molar-refractivity contribution in [2.75, 3.05) is 0 Å². The van der Waals surface area contributed by atoms with E-state index in [0.717, 1.165) is 47.2 Å². The van der Waals surface area contributed by atoms with Gasteiger partial charge in [-0.3, -0.25) is 4.79 Å². The molecule has 4 fully saturated rings. The van der Waals surface area contributed by atoms with Crippen LogP contribution in [-0.2, 0) is 4.79 Å². The quantitative estimate of drug-likeness (QED) is 0.318. The molecule has 0 N–H and O–H groups in total. The summed E-state index contributed by atoms with van der Waals surface area (Å²) in [7, 11) is -1.53. The highest BCUT2D eigenvalue weighted by Crippen LogP contribution is 2.68. The Bertz CT molecular complexity index is 751. The van der Waals surface area contributed by atoms with Crippen molar-refractivity contribution in [1.29, 1.82) is 0 Å². The van der Waals surface area contributed by atoms with E-state index in [-0.39, 0.29) is 5.41 Å². The number of Topliss-reactive ketones (excluding diaryl/α,β-unsaturated/α-hetero) is 1. The Kier molecular flexibility index (Phi) is 8.15. The third-order valence-corrected chi connectivity index (χ3v) is 15.6. The standard InChI is InChI=1S/C33H60OSi/c1-10-24(22(2)3)15-14-23(4)26-16-17-27-25-21-30(35(7,8)9)31(34)29-13-11-12-19-32(29,5)28(25)18-20-33(26,27)6/h22-30H,10-21H2,1-9H3/t23-,24-,25+,26-,27+,28+,29-,30+,32-,33-/m1/s1. The molecule has 2 heteroatoms. The minimum Gasteiger partial charge on any atom is -0.299 e. The number of carbonyl (C=O) groups is 1. The van der Waals surface area contributed by atoms with E-state index in [2.05, 4.69) is 61.2 Å². The molecule has 0 aromatic rings. The summed E-state index contributed by atoms with van der Waals surface area (Å²) in [5, 5.41) is 0. The normalized spacial score (nSPS) is 43.8. The highest BCUT2D eigenvalue weighted by atomic mass is 28.3. The Morgan fingerprint density at radius 1 is 0.886 bits per heavy atom. The zero-order valence-corrected chi connectivity index (χ0v) is 26.1. The molecule has 0 heterocycles. The third kappa shape index (κ3) is 4.90. The molecule has 4 aliphatic carbocycles. The van der Waals surface area contributed by atoms with Gasteiger partial charge in [0.15, 0.2) is 0 Å². The van der Waals surface area contributed by atoms with Gasteiger partial charge in [0.05, 0.1) is 8.07 Å². The highest BCUT2D eigenvalue weighted by molar-refractivity contribution is 6.80. The third-order valence-electron chi connectivity index (χ3n) is 13.0. The maximum atomic E-state index is 14.2. The molecule has 4 rings (SSSR count). The lowest BCUT2D eigenvalue weighted by atomic mass is 9.49. The maximum absolute atomic E-state index is 14.2. The first-order chi connectivity index (χ1) is 16.3.